The summed E-state index contributed by atoms with van der Waals surface area (Å²) >= 11 is 0. The van der Waals surface area contributed by atoms with E-state index in [2.05, 4.69) is 47.6 Å². The van der Waals surface area contributed by atoms with Crippen molar-refractivity contribution in [1.82, 2.24) is 15.5 Å². The molecule has 2 aliphatic heterocycles. The minimum atomic E-state index is 0.188. The zero-order valence-corrected chi connectivity index (χ0v) is 19.4. The summed E-state index contributed by atoms with van der Waals surface area (Å²) in [5, 5.41) is 7.11. The molecule has 6 heteroatoms. The number of guanidine groups is 1. The molecule has 0 aromatic heterocycles. The molecule has 2 heterocycles. The number of rotatable bonds is 9. The van der Waals surface area contributed by atoms with Gasteiger partial charge in [-0.1, -0.05) is 12.1 Å². The highest BCUT2D eigenvalue weighted by molar-refractivity contribution is 5.79. The first kappa shape index (κ1) is 22.4. The third kappa shape index (κ3) is 6.13. The highest BCUT2D eigenvalue weighted by Gasteiger charge is 2.39. The van der Waals surface area contributed by atoms with Crippen LogP contribution in [0.25, 0.3) is 0 Å². The minimum absolute atomic E-state index is 0.188. The van der Waals surface area contributed by atoms with Gasteiger partial charge >= 0.3 is 0 Å². The zero-order valence-electron chi connectivity index (χ0n) is 19.4. The Balaban J connectivity index is 1.42. The summed E-state index contributed by atoms with van der Waals surface area (Å²) in [6.45, 7) is 11.6. The molecule has 31 heavy (non-hydrogen) atoms. The molecule has 0 spiro atoms. The Bertz CT molecular complexity index is 735. The topological polar surface area (TPSA) is 58.1 Å². The van der Waals surface area contributed by atoms with Crippen molar-refractivity contribution >= 4 is 5.96 Å². The van der Waals surface area contributed by atoms with E-state index in [0.717, 1.165) is 68.9 Å². The number of benzene rings is 1. The summed E-state index contributed by atoms with van der Waals surface area (Å²) in [7, 11) is 0. The largest absolute Gasteiger partial charge is 0.493 e. The van der Waals surface area contributed by atoms with E-state index < -0.39 is 0 Å². The number of ether oxygens (including phenoxy) is 2. The first-order chi connectivity index (χ1) is 15.2. The van der Waals surface area contributed by atoms with Gasteiger partial charge in [0.2, 0.25) is 0 Å². The number of nitrogens with one attached hydrogen (secondary N) is 2. The van der Waals surface area contributed by atoms with E-state index in [1.54, 1.807) is 0 Å². The van der Waals surface area contributed by atoms with Gasteiger partial charge in [-0.25, -0.2) is 4.99 Å². The standard InChI is InChI=1S/C25H40N4O2/c1-3-26-24(28-19-25(10-14-30-15-11-25)29-12-4-5-13-29)27-17-22-9-6-20(2)16-23(22)31-18-21-7-8-21/h6,9,16,21H,3-5,7-8,10-15,17-19H2,1-2H3,(H2,26,27,28). The average molecular weight is 429 g/mol. The highest BCUT2D eigenvalue weighted by atomic mass is 16.5. The van der Waals surface area contributed by atoms with Gasteiger partial charge < -0.3 is 20.1 Å². The van der Waals surface area contributed by atoms with E-state index >= 15 is 0 Å². The second kappa shape index (κ2) is 10.7. The van der Waals surface area contributed by atoms with Gasteiger partial charge in [0.15, 0.2) is 5.96 Å². The lowest BCUT2D eigenvalue weighted by Crippen LogP contribution is -2.58. The molecule has 1 aliphatic carbocycles. The summed E-state index contributed by atoms with van der Waals surface area (Å²) in [4.78, 5) is 7.61. The van der Waals surface area contributed by atoms with Gasteiger partial charge in [-0.2, -0.15) is 0 Å². The lowest BCUT2D eigenvalue weighted by Gasteiger charge is -2.45. The van der Waals surface area contributed by atoms with Crippen molar-refractivity contribution in [2.24, 2.45) is 10.9 Å². The molecule has 172 valence electrons. The number of likely N-dealkylation sites (tertiary alicyclic amines) is 1. The minimum Gasteiger partial charge on any atom is -0.493 e. The summed E-state index contributed by atoms with van der Waals surface area (Å²) in [5.74, 6) is 2.63. The number of hydrogen-bond acceptors (Lipinski definition) is 4. The molecule has 1 aromatic rings. The molecular weight excluding hydrogens is 388 g/mol. The molecule has 3 fully saturated rings. The smallest absolute Gasteiger partial charge is 0.191 e. The van der Waals surface area contributed by atoms with Gasteiger partial charge in [-0.05, 0) is 83.0 Å². The predicted molar refractivity (Wildman–Crippen MR) is 126 cm³/mol. The molecule has 2 N–H and O–H groups in total. The van der Waals surface area contributed by atoms with Crippen LogP contribution in [0.2, 0.25) is 0 Å². The van der Waals surface area contributed by atoms with Gasteiger partial charge in [0.05, 0.1) is 13.2 Å². The monoisotopic (exact) mass is 428 g/mol. The van der Waals surface area contributed by atoms with E-state index in [0.29, 0.717) is 6.54 Å². The Morgan fingerprint density at radius 2 is 1.97 bits per heavy atom. The Kier molecular flexibility index (Phi) is 7.72. The number of nitrogens with zero attached hydrogens (tertiary/aromatic N) is 2. The first-order valence-corrected chi connectivity index (χ1v) is 12.3. The number of aryl methyl sites for hydroxylation is 1. The molecule has 0 atom stereocenters. The Morgan fingerprint density at radius 3 is 2.68 bits per heavy atom. The first-order valence-electron chi connectivity index (χ1n) is 12.3. The van der Waals surface area contributed by atoms with Crippen LogP contribution in [0.4, 0.5) is 0 Å². The van der Waals surface area contributed by atoms with E-state index in [4.69, 9.17) is 14.5 Å². The van der Waals surface area contributed by atoms with Crippen LogP contribution in [0.15, 0.2) is 23.2 Å². The van der Waals surface area contributed by atoms with Crippen molar-refractivity contribution < 1.29 is 9.47 Å². The lowest BCUT2D eigenvalue weighted by molar-refractivity contribution is -0.0164. The van der Waals surface area contributed by atoms with Crippen LogP contribution in [0.3, 0.4) is 0 Å². The van der Waals surface area contributed by atoms with Gasteiger partial charge in [0.25, 0.3) is 0 Å². The Labute approximate surface area is 187 Å². The Hall–Kier alpha value is -1.79. The van der Waals surface area contributed by atoms with Crippen LogP contribution in [0.1, 0.15) is 56.6 Å². The van der Waals surface area contributed by atoms with Crippen molar-refractivity contribution in [1.29, 1.82) is 0 Å². The van der Waals surface area contributed by atoms with Gasteiger partial charge in [0, 0.05) is 37.4 Å². The molecule has 6 nitrogen and oxygen atoms in total. The number of aliphatic imine (C=N–C) groups is 1. The molecule has 0 bridgehead atoms. The molecule has 1 saturated carbocycles. The molecule has 0 radical (unpaired) electrons. The summed E-state index contributed by atoms with van der Waals surface area (Å²) in [6.07, 6.45) is 7.42. The summed E-state index contributed by atoms with van der Waals surface area (Å²) in [6, 6.07) is 6.46. The highest BCUT2D eigenvalue weighted by Crippen LogP contribution is 2.32. The lowest BCUT2D eigenvalue weighted by atomic mass is 9.88. The summed E-state index contributed by atoms with van der Waals surface area (Å²) in [5.41, 5.74) is 2.58. The fourth-order valence-corrected chi connectivity index (χ4v) is 4.72. The van der Waals surface area contributed by atoms with E-state index in [9.17, 15) is 0 Å². The maximum Gasteiger partial charge on any atom is 0.191 e. The molecule has 4 rings (SSSR count). The van der Waals surface area contributed by atoms with Crippen molar-refractivity contribution in [2.75, 3.05) is 46.0 Å². The molecule has 0 amide bonds. The maximum atomic E-state index is 6.14. The van der Waals surface area contributed by atoms with Gasteiger partial charge in [0.1, 0.15) is 5.75 Å². The SMILES string of the molecule is CCNC(=NCc1ccc(C)cc1OCC1CC1)NCC1(N2CCCC2)CCOCC1. The van der Waals surface area contributed by atoms with Crippen molar-refractivity contribution in [3.8, 4) is 5.75 Å². The molecule has 0 unspecified atom stereocenters. The van der Waals surface area contributed by atoms with Crippen LogP contribution in [-0.4, -0.2) is 62.4 Å². The van der Waals surface area contributed by atoms with Crippen LogP contribution < -0.4 is 15.4 Å². The quantitative estimate of drug-likeness (QED) is 0.466. The van der Waals surface area contributed by atoms with E-state index in [1.807, 2.05) is 0 Å². The van der Waals surface area contributed by atoms with Crippen molar-refractivity contribution in [3.63, 3.8) is 0 Å². The average Bonchev–Trinajstić information content (AvgIpc) is 3.45. The molecular formula is C25H40N4O2. The van der Waals surface area contributed by atoms with Gasteiger partial charge in [-0.15, -0.1) is 0 Å². The van der Waals surface area contributed by atoms with Crippen LogP contribution in [0, 0.1) is 12.8 Å². The van der Waals surface area contributed by atoms with Crippen LogP contribution >= 0.6 is 0 Å². The van der Waals surface area contributed by atoms with E-state index in [1.165, 1.54) is 44.3 Å². The zero-order chi connectivity index (χ0) is 21.5. The Morgan fingerprint density at radius 1 is 1.19 bits per heavy atom. The third-order valence-electron chi connectivity index (χ3n) is 6.93. The van der Waals surface area contributed by atoms with Crippen molar-refractivity contribution in [3.05, 3.63) is 29.3 Å². The molecule has 3 aliphatic rings. The predicted octanol–water partition coefficient (Wildman–Crippen LogP) is 3.48. The fourth-order valence-electron chi connectivity index (χ4n) is 4.72. The third-order valence-corrected chi connectivity index (χ3v) is 6.93. The van der Waals surface area contributed by atoms with Gasteiger partial charge in [-0.3, -0.25) is 4.90 Å². The summed E-state index contributed by atoms with van der Waals surface area (Å²) < 4.78 is 11.8. The molecule has 1 aromatic carbocycles. The van der Waals surface area contributed by atoms with Crippen LogP contribution in [0.5, 0.6) is 5.75 Å². The number of hydrogen-bond donors (Lipinski definition) is 2. The normalized spacial score (nSPS) is 21.8. The second-order valence-electron chi connectivity index (χ2n) is 9.45. The fraction of sp³-hybridized carbons (Fsp3) is 0.720. The maximum absolute atomic E-state index is 6.14. The van der Waals surface area contributed by atoms with E-state index in [-0.39, 0.29) is 5.54 Å². The van der Waals surface area contributed by atoms with Crippen molar-refractivity contribution in [2.45, 2.75) is 64.5 Å². The van der Waals surface area contributed by atoms with Crippen LogP contribution in [-0.2, 0) is 11.3 Å². The molecule has 2 saturated heterocycles. The second-order valence-corrected chi connectivity index (χ2v) is 9.45.